The summed E-state index contributed by atoms with van der Waals surface area (Å²) < 4.78 is 36.3. The summed E-state index contributed by atoms with van der Waals surface area (Å²) in [5, 5.41) is 0. The summed E-state index contributed by atoms with van der Waals surface area (Å²) in [7, 11) is 0. The van der Waals surface area contributed by atoms with E-state index < -0.39 is 5.60 Å². The van der Waals surface area contributed by atoms with Crippen molar-refractivity contribution in [2.75, 3.05) is 59.2 Å². The molecule has 3 saturated heterocycles. The number of benzene rings is 1. The maximum Gasteiger partial charge on any atom is 0.225 e. The van der Waals surface area contributed by atoms with Crippen molar-refractivity contribution in [2.24, 2.45) is 0 Å². The SMILES string of the molecule is O=C(CC1(COc2ccc(F)cc2)CN(C(=O)CCC2CCCO2)CCO1)N1CCOCC1. The maximum atomic E-state index is 13.3. The summed E-state index contributed by atoms with van der Waals surface area (Å²) in [6.07, 6.45) is 3.43. The molecule has 8 nitrogen and oxygen atoms in total. The van der Waals surface area contributed by atoms with Crippen molar-refractivity contribution in [3.05, 3.63) is 30.1 Å². The van der Waals surface area contributed by atoms with Crippen molar-refractivity contribution < 1.29 is 32.9 Å². The van der Waals surface area contributed by atoms with Gasteiger partial charge in [-0.2, -0.15) is 0 Å². The average Bonchev–Trinajstić information content (AvgIpc) is 3.37. The van der Waals surface area contributed by atoms with E-state index in [4.69, 9.17) is 18.9 Å². The van der Waals surface area contributed by atoms with Crippen molar-refractivity contribution in [3.8, 4) is 5.75 Å². The number of halogens is 1. The van der Waals surface area contributed by atoms with Gasteiger partial charge in [0.05, 0.1) is 38.9 Å². The first-order valence-corrected chi connectivity index (χ1v) is 11.8. The van der Waals surface area contributed by atoms with E-state index in [0.717, 1.165) is 19.4 Å². The number of ether oxygens (including phenoxy) is 4. The van der Waals surface area contributed by atoms with E-state index in [1.807, 2.05) is 0 Å². The lowest BCUT2D eigenvalue weighted by Gasteiger charge is -2.43. The van der Waals surface area contributed by atoms with Crippen molar-refractivity contribution in [1.29, 1.82) is 0 Å². The first-order valence-electron chi connectivity index (χ1n) is 11.8. The molecule has 4 rings (SSSR count). The van der Waals surface area contributed by atoms with Crippen molar-refractivity contribution in [2.45, 2.75) is 43.8 Å². The lowest BCUT2D eigenvalue weighted by molar-refractivity contribution is -0.167. The number of morpholine rings is 2. The van der Waals surface area contributed by atoms with E-state index in [1.54, 1.807) is 21.9 Å². The number of nitrogens with zero attached hydrogens (tertiary/aromatic N) is 2. The lowest BCUT2D eigenvalue weighted by Crippen LogP contribution is -2.58. The first kappa shape index (κ1) is 23.9. The van der Waals surface area contributed by atoms with Gasteiger partial charge in [-0.05, 0) is 43.5 Å². The molecule has 0 radical (unpaired) electrons. The molecule has 3 aliphatic heterocycles. The van der Waals surface area contributed by atoms with Crippen molar-refractivity contribution in [1.82, 2.24) is 9.80 Å². The first-order chi connectivity index (χ1) is 16.0. The Bertz CT molecular complexity index is 795. The van der Waals surface area contributed by atoms with E-state index in [2.05, 4.69) is 0 Å². The van der Waals surface area contributed by atoms with E-state index in [1.165, 1.54) is 12.1 Å². The van der Waals surface area contributed by atoms with Gasteiger partial charge in [0.15, 0.2) is 0 Å². The Morgan fingerprint density at radius 2 is 1.79 bits per heavy atom. The maximum absolute atomic E-state index is 13.3. The highest BCUT2D eigenvalue weighted by molar-refractivity contribution is 5.79. The lowest BCUT2D eigenvalue weighted by atomic mass is 9.96. The van der Waals surface area contributed by atoms with Gasteiger partial charge in [-0.25, -0.2) is 4.39 Å². The van der Waals surface area contributed by atoms with Crippen LogP contribution >= 0.6 is 0 Å². The van der Waals surface area contributed by atoms with Crippen molar-refractivity contribution >= 4 is 11.8 Å². The highest BCUT2D eigenvalue weighted by Gasteiger charge is 2.42. The molecule has 2 unspecified atom stereocenters. The second-order valence-electron chi connectivity index (χ2n) is 8.93. The summed E-state index contributed by atoms with van der Waals surface area (Å²) >= 11 is 0. The van der Waals surface area contributed by atoms with Crippen LogP contribution in [-0.4, -0.2) is 92.5 Å². The van der Waals surface area contributed by atoms with E-state index in [9.17, 15) is 14.0 Å². The zero-order valence-electron chi connectivity index (χ0n) is 19.0. The van der Waals surface area contributed by atoms with Crippen LogP contribution in [0.1, 0.15) is 32.1 Å². The third kappa shape index (κ3) is 6.65. The molecule has 3 aliphatic rings. The third-order valence-corrected chi connectivity index (χ3v) is 6.46. The van der Waals surface area contributed by atoms with Crippen LogP contribution in [0.5, 0.6) is 5.75 Å². The number of carbonyl (C=O) groups is 2. The molecule has 9 heteroatoms. The van der Waals surface area contributed by atoms with Crippen molar-refractivity contribution in [3.63, 3.8) is 0 Å². The van der Waals surface area contributed by atoms with Gasteiger partial charge in [0.2, 0.25) is 11.8 Å². The predicted octanol–water partition coefficient (Wildman–Crippen LogP) is 2.01. The van der Waals surface area contributed by atoms with Gasteiger partial charge in [0.1, 0.15) is 23.8 Å². The smallest absolute Gasteiger partial charge is 0.225 e. The molecule has 1 aromatic rings. The number of amides is 2. The molecule has 0 aromatic heterocycles. The van der Waals surface area contributed by atoms with Crippen LogP contribution < -0.4 is 4.74 Å². The van der Waals surface area contributed by atoms with Crippen LogP contribution in [0.4, 0.5) is 4.39 Å². The molecule has 2 amide bonds. The number of rotatable bonds is 8. The van der Waals surface area contributed by atoms with Gasteiger partial charge in [-0.1, -0.05) is 0 Å². The van der Waals surface area contributed by atoms with Crippen LogP contribution in [0.2, 0.25) is 0 Å². The highest BCUT2D eigenvalue weighted by atomic mass is 19.1. The Kier molecular flexibility index (Phi) is 8.16. The molecule has 0 bridgehead atoms. The zero-order chi connectivity index (χ0) is 23.1. The molecule has 0 N–H and O–H groups in total. The normalized spacial score (nSPS) is 25.8. The summed E-state index contributed by atoms with van der Waals surface area (Å²) in [6, 6.07) is 5.73. The Labute approximate surface area is 193 Å². The fourth-order valence-electron chi connectivity index (χ4n) is 4.56. The molecule has 0 aliphatic carbocycles. The molecule has 0 spiro atoms. The Balaban J connectivity index is 1.42. The summed E-state index contributed by atoms with van der Waals surface area (Å²) in [4.78, 5) is 29.6. The predicted molar refractivity (Wildman–Crippen MR) is 117 cm³/mol. The minimum Gasteiger partial charge on any atom is -0.490 e. The van der Waals surface area contributed by atoms with Crippen LogP contribution in [-0.2, 0) is 23.8 Å². The van der Waals surface area contributed by atoms with E-state index >= 15 is 0 Å². The Morgan fingerprint density at radius 1 is 1.03 bits per heavy atom. The molecule has 1 aromatic carbocycles. The van der Waals surface area contributed by atoms with Crippen LogP contribution in [0.3, 0.4) is 0 Å². The fourth-order valence-corrected chi connectivity index (χ4v) is 4.56. The zero-order valence-corrected chi connectivity index (χ0v) is 19.0. The molecule has 33 heavy (non-hydrogen) atoms. The molecular formula is C24H33FN2O6. The summed E-state index contributed by atoms with van der Waals surface area (Å²) in [5.41, 5.74) is -0.971. The fraction of sp³-hybridized carbons (Fsp3) is 0.667. The quantitative estimate of drug-likeness (QED) is 0.586. The topological polar surface area (TPSA) is 77.5 Å². The monoisotopic (exact) mass is 464 g/mol. The highest BCUT2D eigenvalue weighted by Crippen LogP contribution is 2.27. The second-order valence-corrected chi connectivity index (χ2v) is 8.93. The van der Waals surface area contributed by atoms with Gasteiger partial charge in [-0.3, -0.25) is 9.59 Å². The van der Waals surface area contributed by atoms with Crippen LogP contribution in [0, 0.1) is 5.82 Å². The van der Waals surface area contributed by atoms with Gasteiger partial charge in [0.25, 0.3) is 0 Å². The Morgan fingerprint density at radius 3 is 2.52 bits per heavy atom. The number of hydrogen-bond donors (Lipinski definition) is 0. The molecular weight excluding hydrogens is 431 g/mol. The molecule has 3 heterocycles. The van der Waals surface area contributed by atoms with Crippen LogP contribution in [0.25, 0.3) is 0 Å². The minimum atomic E-state index is -0.971. The average molecular weight is 465 g/mol. The van der Waals surface area contributed by atoms with Gasteiger partial charge < -0.3 is 28.7 Å². The second kappa shape index (κ2) is 11.3. The van der Waals surface area contributed by atoms with Crippen LogP contribution in [0.15, 0.2) is 24.3 Å². The van der Waals surface area contributed by atoms with Gasteiger partial charge in [-0.15, -0.1) is 0 Å². The van der Waals surface area contributed by atoms with Gasteiger partial charge in [0, 0.05) is 32.7 Å². The molecule has 2 atom stereocenters. The Hall–Kier alpha value is -2.23. The van der Waals surface area contributed by atoms with Gasteiger partial charge >= 0.3 is 0 Å². The number of hydrogen-bond acceptors (Lipinski definition) is 6. The standard InChI is InChI=1S/C24H33FN2O6/c25-19-3-5-21(6-4-19)32-18-24(16-23(29)26-9-13-30-14-10-26)17-27(11-15-33-24)22(28)8-7-20-2-1-12-31-20/h3-6,20H,1-2,7-18H2. The summed E-state index contributed by atoms with van der Waals surface area (Å²) in [6.45, 7) is 4.04. The largest absolute Gasteiger partial charge is 0.490 e. The number of carbonyl (C=O) groups excluding carboxylic acids is 2. The minimum absolute atomic E-state index is 0.0405. The molecule has 3 fully saturated rings. The molecule has 0 saturated carbocycles. The summed E-state index contributed by atoms with van der Waals surface area (Å²) in [5.74, 6) is 0.130. The van der Waals surface area contributed by atoms with E-state index in [-0.39, 0.29) is 43.3 Å². The molecule has 182 valence electrons. The third-order valence-electron chi connectivity index (χ3n) is 6.46. The van der Waals surface area contributed by atoms with E-state index in [0.29, 0.717) is 58.0 Å².